The Morgan fingerprint density at radius 2 is 2.20 bits per heavy atom. The zero-order valence-electron chi connectivity index (χ0n) is 11.0. The summed E-state index contributed by atoms with van der Waals surface area (Å²) < 4.78 is 27.9. The highest BCUT2D eigenvalue weighted by atomic mass is 79.9. The summed E-state index contributed by atoms with van der Waals surface area (Å²) in [7, 11) is -3.71. The second-order valence-corrected chi connectivity index (χ2v) is 7.88. The van der Waals surface area contributed by atoms with Crippen LogP contribution in [-0.2, 0) is 14.8 Å². The van der Waals surface area contributed by atoms with Gasteiger partial charge in [-0.05, 0) is 38.0 Å². The van der Waals surface area contributed by atoms with Gasteiger partial charge in [0.2, 0.25) is 10.0 Å². The van der Waals surface area contributed by atoms with Crippen LogP contribution >= 0.6 is 15.9 Å². The number of carboxylic acids is 1. The van der Waals surface area contributed by atoms with E-state index in [-0.39, 0.29) is 4.90 Å². The molecular weight excluding hydrogens is 346 g/mol. The first-order valence-electron chi connectivity index (χ1n) is 6.27. The molecule has 0 aromatic heterocycles. The first-order valence-corrected chi connectivity index (χ1v) is 8.54. The van der Waals surface area contributed by atoms with Crippen LogP contribution in [0.3, 0.4) is 0 Å². The topological polar surface area (TPSA) is 83.5 Å². The van der Waals surface area contributed by atoms with Crippen molar-refractivity contribution < 1.29 is 18.3 Å². The lowest BCUT2D eigenvalue weighted by molar-refractivity contribution is -0.148. The number of carbonyl (C=O) groups is 1. The highest BCUT2D eigenvalue weighted by Gasteiger charge is 2.46. The predicted octanol–water partition coefficient (Wildman–Crippen LogP) is 2.37. The Balaban J connectivity index is 2.27. The van der Waals surface area contributed by atoms with E-state index in [1.807, 2.05) is 0 Å². The van der Waals surface area contributed by atoms with E-state index in [2.05, 4.69) is 20.7 Å². The predicted molar refractivity (Wildman–Crippen MR) is 77.8 cm³/mol. The maximum absolute atomic E-state index is 12.3. The van der Waals surface area contributed by atoms with Crippen molar-refractivity contribution in [2.45, 2.75) is 37.1 Å². The number of sulfonamides is 1. The average Bonchev–Trinajstić information content (AvgIpc) is 2.72. The first-order chi connectivity index (χ1) is 9.25. The minimum absolute atomic E-state index is 0.131. The fraction of sp³-hybridized carbons (Fsp3) is 0.462. The van der Waals surface area contributed by atoms with E-state index in [4.69, 9.17) is 0 Å². The second-order valence-electron chi connectivity index (χ2n) is 5.25. The number of hydrogen-bond donors (Lipinski definition) is 2. The molecule has 2 atom stereocenters. The summed E-state index contributed by atoms with van der Waals surface area (Å²) in [5.74, 6) is -0.961. The van der Waals surface area contributed by atoms with Gasteiger partial charge in [0.1, 0.15) is 0 Å². The lowest BCUT2D eigenvalue weighted by atomic mass is 9.85. The minimum Gasteiger partial charge on any atom is -0.481 e. The fourth-order valence-electron chi connectivity index (χ4n) is 2.50. The van der Waals surface area contributed by atoms with Gasteiger partial charge in [-0.2, -0.15) is 0 Å². The first kappa shape index (κ1) is 15.5. The van der Waals surface area contributed by atoms with Gasteiger partial charge in [-0.25, -0.2) is 13.1 Å². The Morgan fingerprint density at radius 1 is 1.50 bits per heavy atom. The van der Waals surface area contributed by atoms with E-state index in [1.165, 1.54) is 12.1 Å². The lowest BCUT2D eigenvalue weighted by Crippen LogP contribution is -2.46. The molecular formula is C13H16BrNO4S. The van der Waals surface area contributed by atoms with Gasteiger partial charge >= 0.3 is 5.97 Å². The third kappa shape index (κ3) is 2.89. The van der Waals surface area contributed by atoms with Crippen LogP contribution < -0.4 is 4.72 Å². The molecule has 0 heterocycles. The van der Waals surface area contributed by atoms with Gasteiger partial charge in [-0.3, -0.25) is 4.79 Å². The van der Waals surface area contributed by atoms with Crippen molar-refractivity contribution in [2.75, 3.05) is 0 Å². The van der Waals surface area contributed by atoms with E-state index in [0.717, 1.165) is 0 Å². The smallest absolute Gasteiger partial charge is 0.310 e. The summed E-state index contributed by atoms with van der Waals surface area (Å²) in [4.78, 5) is 11.5. The Hall–Kier alpha value is -0.920. The molecule has 1 aliphatic carbocycles. The molecule has 2 unspecified atom stereocenters. The molecule has 1 aromatic carbocycles. The molecule has 0 spiro atoms. The van der Waals surface area contributed by atoms with Crippen molar-refractivity contribution in [3.05, 3.63) is 28.7 Å². The molecule has 0 aliphatic heterocycles. The van der Waals surface area contributed by atoms with Crippen molar-refractivity contribution in [3.8, 4) is 0 Å². The molecule has 110 valence electrons. The summed E-state index contributed by atoms with van der Waals surface area (Å²) in [6, 6.07) is 5.76. The molecule has 20 heavy (non-hydrogen) atoms. The van der Waals surface area contributed by atoms with Crippen LogP contribution in [0.15, 0.2) is 33.6 Å². The fourth-order valence-corrected chi connectivity index (χ4v) is 4.48. The molecule has 1 fully saturated rings. The van der Waals surface area contributed by atoms with Gasteiger partial charge < -0.3 is 5.11 Å². The van der Waals surface area contributed by atoms with E-state index in [9.17, 15) is 18.3 Å². The number of nitrogens with one attached hydrogen (secondary N) is 1. The van der Waals surface area contributed by atoms with Gasteiger partial charge in [0.15, 0.2) is 0 Å². The molecule has 1 aromatic rings. The maximum atomic E-state index is 12.3. The quantitative estimate of drug-likeness (QED) is 0.862. The van der Waals surface area contributed by atoms with Crippen LogP contribution in [0.5, 0.6) is 0 Å². The number of hydrogen-bond acceptors (Lipinski definition) is 3. The molecule has 1 saturated carbocycles. The molecule has 1 aliphatic rings. The molecule has 7 heteroatoms. The number of benzene rings is 1. The molecule has 2 N–H and O–H groups in total. The molecule has 0 amide bonds. The van der Waals surface area contributed by atoms with Crippen molar-refractivity contribution in [1.82, 2.24) is 4.72 Å². The lowest BCUT2D eigenvalue weighted by Gasteiger charge is -2.27. The zero-order chi connectivity index (χ0) is 15.0. The van der Waals surface area contributed by atoms with E-state index >= 15 is 0 Å². The Bertz CT molecular complexity index is 631. The SMILES string of the molecule is CC1(C(=O)O)CCCC1NS(=O)(=O)c1cccc(Br)c1. The van der Waals surface area contributed by atoms with E-state index in [1.54, 1.807) is 19.1 Å². The number of aliphatic carboxylic acids is 1. The van der Waals surface area contributed by atoms with Crippen LogP contribution in [0.2, 0.25) is 0 Å². The average molecular weight is 362 g/mol. The van der Waals surface area contributed by atoms with Crippen molar-refractivity contribution in [3.63, 3.8) is 0 Å². The van der Waals surface area contributed by atoms with Crippen LogP contribution in [0, 0.1) is 5.41 Å². The Labute approximate surface area is 126 Å². The minimum atomic E-state index is -3.71. The van der Waals surface area contributed by atoms with E-state index in [0.29, 0.717) is 23.7 Å². The van der Waals surface area contributed by atoms with Crippen molar-refractivity contribution >= 4 is 31.9 Å². The number of carboxylic acid groups (broad SMARTS) is 1. The number of halogens is 1. The van der Waals surface area contributed by atoms with Gasteiger partial charge in [-0.15, -0.1) is 0 Å². The van der Waals surface area contributed by atoms with Crippen molar-refractivity contribution in [1.29, 1.82) is 0 Å². The molecule has 0 radical (unpaired) electrons. The van der Waals surface area contributed by atoms with Crippen molar-refractivity contribution in [2.24, 2.45) is 5.41 Å². The van der Waals surface area contributed by atoms with Crippen LogP contribution in [-0.4, -0.2) is 25.5 Å². The monoisotopic (exact) mass is 361 g/mol. The van der Waals surface area contributed by atoms with Gasteiger partial charge in [-0.1, -0.05) is 28.4 Å². The standard InChI is InChI=1S/C13H16BrNO4S/c1-13(12(16)17)7-3-6-11(13)15-20(18,19)10-5-2-4-9(14)8-10/h2,4-5,8,11,15H,3,6-7H2,1H3,(H,16,17). The largest absolute Gasteiger partial charge is 0.481 e. The second kappa shape index (κ2) is 5.46. The highest BCUT2D eigenvalue weighted by molar-refractivity contribution is 9.10. The Morgan fingerprint density at radius 3 is 2.80 bits per heavy atom. The normalized spacial score (nSPS) is 26.6. The third-order valence-corrected chi connectivity index (χ3v) is 5.81. The summed E-state index contributed by atoms with van der Waals surface area (Å²) in [6.07, 6.45) is 1.72. The summed E-state index contributed by atoms with van der Waals surface area (Å²) in [5.41, 5.74) is -1.04. The Kier molecular flexibility index (Phi) is 4.22. The summed E-state index contributed by atoms with van der Waals surface area (Å²) in [6.45, 7) is 1.59. The number of rotatable bonds is 4. The summed E-state index contributed by atoms with van der Waals surface area (Å²) in [5, 5.41) is 9.31. The van der Waals surface area contributed by atoms with Crippen LogP contribution in [0.25, 0.3) is 0 Å². The molecule has 0 saturated heterocycles. The zero-order valence-corrected chi connectivity index (χ0v) is 13.4. The van der Waals surface area contributed by atoms with Crippen LogP contribution in [0.4, 0.5) is 0 Å². The highest BCUT2D eigenvalue weighted by Crippen LogP contribution is 2.39. The molecule has 2 rings (SSSR count). The summed E-state index contributed by atoms with van der Waals surface area (Å²) >= 11 is 3.23. The van der Waals surface area contributed by atoms with Crippen LogP contribution in [0.1, 0.15) is 26.2 Å². The van der Waals surface area contributed by atoms with Gasteiger partial charge in [0.05, 0.1) is 10.3 Å². The molecule has 5 nitrogen and oxygen atoms in total. The molecule has 0 bridgehead atoms. The van der Waals surface area contributed by atoms with Gasteiger partial charge in [0, 0.05) is 10.5 Å². The van der Waals surface area contributed by atoms with E-state index < -0.39 is 27.4 Å². The van der Waals surface area contributed by atoms with Gasteiger partial charge in [0.25, 0.3) is 0 Å². The third-order valence-electron chi connectivity index (χ3n) is 3.85. The maximum Gasteiger partial charge on any atom is 0.310 e.